The number of nitrogens with zero attached hydrogens (tertiary/aromatic N) is 1. The molecule has 1 saturated heterocycles. The van der Waals surface area contributed by atoms with E-state index in [1.165, 1.54) is 29.5 Å². The third-order valence-electron chi connectivity index (χ3n) is 6.98. The summed E-state index contributed by atoms with van der Waals surface area (Å²) < 4.78 is 0. The number of Topliss-reactive ketones (excluding diaryl/α,β-unsaturated/α-hetero) is 1. The summed E-state index contributed by atoms with van der Waals surface area (Å²) in [5.41, 5.74) is 5.00. The zero-order valence-electron chi connectivity index (χ0n) is 19.7. The molecule has 0 aromatic heterocycles. The quantitative estimate of drug-likeness (QED) is 0.314. The summed E-state index contributed by atoms with van der Waals surface area (Å²) >= 11 is 0. The molecular weight excluding hydrogens is 426 g/mol. The van der Waals surface area contributed by atoms with E-state index >= 15 is 0 Å². The first kappa shape index (κ1) is 25.2. The Morgan fingerprint density at radius 3 is 1.91 bits per heavy atom. The van der Waals surface area contributed by atoms with Crippen LogP contribution in [0, 0.1) is 5.92 Å². The van der Waals surface area contributed by atoms with E-state index in [-0.39, 0.29) is 18.2 Å². The minimum atomic E-state index is 0. The SMILES string of the molecule is CCc1ccc(C(=O)CCCN2CCC(C(c3ccccc3)c3ccccc3)CC2)cc1.Cl. The number of piperidine rings is 1. The van der Waals surface area contributed by atoms with Gasteiger partial charge in [-0.1, -0.05) is 91.9 Å². The number of carbonyl (C=O) groups is 1. The first-order valence-electron chi connectivity index (χ1n) is 12.2. The Kier molecular flexibility index (Phi) is 9.72. The van der Waals surface area contributed by atoms with Gasteiger partial charge in [0.05, 0.1) is 0 Å². The van der Waals surface area contributed by atoms with Crippen molar-refractivity contribution in [1.82, 2.24) is 4.90 Å². The van der Waals surface area contributed by atoms with Gasteiger partial charge in [0.15, 0.2) is 5.78 Å². The molecule has 3 aromatic carbocycles. The van der Waals surface area contributed by atoms with Gasteiger partial charge in [-0.15, -0.1) is 12.4 Å². The number of hydrogen-bond donors (Lipinski definition) is 0. The second-order valence-corrected chi connectivity index (χ2v) is 9.06. The molecule has 0 saturated carbocycles. The van der Waals surface area contributed by atoms with Gasteiger partial charge in [0.1, 0.15) is 0 Å². The summed E-state index contributed by atoms with van der Waals surface area (Å²) in [6, 6.07) is 30.1. The van der Waals surface area contributed by atoms with Crippen LogP contribution in [0.15, 0.2) is 84.9 Å². The zero-order valence-corrected chi connectivity index (χ0v) is 20.5. The van der Waals surface area contributed by atoms with Crippen LogP contribution in [-0.4, -0.2) is 30.3 Å². The molecule has 3 heteroatoms. The van der Waals surface area contributed by atoms with Crippen LogP contribution in [0.3, 0.4) is 0 Å². The van der Waals surface area contributed by atoms with E-state index in [9.17, 15) is 4.79 Å². The van der Waals surface area contributed by atoms with Gasteiger partial charge in [-0.25, -0.2) is 0 Å². The molecule has 0 amide bonds. The molecule has 4 rings (SSSR count). The normalized spacial score (nSPS) is 14.7. The molecule has 1 aliphatic heterocycles. The first-order chi connectivity index (χ1) is 15.7. The molecule has 0 radical (unpaired) electrons. The van der Waals surface area contributed by atoms with Crippen LogP contribution in [0.1, 0.15) is 65.6 Å². The van der Waals surface area contributed by atoms with Gasteiger partial charge >= 0.3 is 0 Å². The van der Waals surface area contributed by atoms with E-state index in [1.54, 1.807) is 0 Å². The summed E-state index contributed by atoms with van der Waals surface area (Å²) in [6.07, 6.45) is 5.02. The maximum absolute atomic E-state index is 12.5. The van der Waals surface area contributed by atoms with Crippen LogP contribution in [0.25, 0.3) is 0 Å². The Balaban J connectivity index is 0.00000306. The first-order valence-corrected chi connectivity index (χ1v) is 12.2. The lowest BCUT2D eigenvalue weighted by molar-refractivity contribution is 0.0969. The van der Waals surface area contributed by atoms with Crippen LogP contribution in [0.4, 0.5) is 0 Å². The molecule has 0 unspecified atom stereocenters. The lowest BCUT2D eigenvalue weighted by Gasteiger charge is -2.36. The Morgan fingerprint density at radius 2 is 1.39 bits per heavy atom. The highest BCUT2D eigenvalue weighted by Crippen LogP contribution is 2.37. The Labute approximate surface area is 205 Å². The molecule has 0 N–H and O–H groups in total. The number of hydrogen-bond acceptors (Lipinski definition) is 2. The van der Waals surface area contributed by atoms with Crippen molar-refractivity contribution in [2.75, 3.05) is 19.6 Å². The van der Waals surface area contributed by atoms with E-state index < -0.39 is 0 Å². The average molecular weight is 462 g/mol. The molecule has 1 aliphatic rings. The fraction of sp³-hybridized carbons (Fsp3) is 0.367. The second kappa shape index (κ2) is 12.7. The topological polar surface area (TPSA) is 20.3 Å². The molecule has 33 heavy (non-hydrogen) atoms. The Bertz CT molecular complexity index is 924. The summed E-state index contributed by atoms with van der Waals surface area (Å²) in [5.74, 6) is 1.40. The van der Waals surface area contributed by atoms with Crippen molar-refractivity contribution in [3.05, 3.63) is 107 Å². The smallest absolute Gasteiger partial charge is 0.162 e. The average Bonchev–Trinajstić information content (AvgIpc) is 2.86. The number of ketones is 1. The van der Waals surface area contributed by atoms with Gasteiger partial charge in [-0.3, -0.25) is 4.79 Å². The number of likely N-dealkylation sites (tertiary alicyclic amines) is 1. The van der Waals surface area contributed by atoms with Crippen molar-refractivity contribution < 1.29 is 4.79 Å². The summed E-state index contributed by atoms with van der Waals surface area (Å²) in [6.45, 7) is 5.41. The molecule has 0 spiro atoms. The number of halogens is 1. The van der Waals surface area contributed by atoms with Crippen LogP contribution in [-0.2, 0) is 6.42 Å². The maximum atomic E-state index is 12.5. The van der Waals surface area contributed by atoms with Crippen molar-refractivity contribution in [1.29, 1.82) is 0 Å². The second-order valence-electron chi connectivity index (χ2n) is 9.06. The number of rotatable bonds is 9. The van der Waals surface area contributed by atoms with Crippen LogP contribution < -0.4 is 0 Å². The van der Waals surface area contributed by atoms with Crippen LogP contribution >= 0.6 is 12.4 Å². The van der Waals surface area contributed by atoms with Gasteiger partial charge in [0.25, 0.3) is 0 Å². The molecule has 174 valence electrons. The Hall–Kier alpha value is -2.42. The molecule has 0 bridgehead atoms. The predicted octanol–water partition coefficient (Wildman–Crippen LogP) is 7.18. The number of aryl methyl sites for hydroxylation is 1. The fourth-order valence-corrected chi connectivity index (χ4v) is 5.10. The molecular formula is C30H36ClNO. The lowest BCUT2D eigenvalue weighted by atomic mass is 9.76. The van der Waals surface area contributed by atoms with Crippen molar-refractivity contribution in [3.8, 4) is 0 Å². The fourth-order valence-electron chi connectivity index (χ4n) is 5.10. The van der Waals surface area contributed by atoms with Crippen molar-refractivity contribution in [2.45, 2.75) is 44.9 Å². The van der Waals surface area contributed by atoms with Crippen LogP contribution in [0.5, 0.6) is 0 Å². The predicted molar refractivity (Wildman–Crippen MR) is 141 cm³/mol. The van der Waals surface area contributed by atoms with Crippen molar-refractivity contribution >= 4 is 18.2 Å². The summed E-state index contributed by atoms with van der Waals surface area (Å²) in [5, 5.41) is 0. The summed E-state index contributed by atoms with van der Waals surface area (Å²) in [4.78, 5) is 15.1. The van der Waals surface area contributed by atoms with Crippen molar-refractivity contribution in [2.24, 2.45) is 5.92 Å². The highest BCUT2D eigenvalue weighted by Gasteiger charge is 2.28. The van der Waals surface area contributed by atoms with Crippen LogP contribution in [0.2, 0.25) is 0 Å². The van der Waals surface area contributed by atoms with Crippen molar-refractivity contribution in [3.63, 3.8) is 0 Å². The van der Waals surface area contributed by atoms with E-state index in [0.717, 1.165) is 38.0 Å². The van der Waals surface area contributed by atoms with E-state index in [4.69, 9.17) is 0 Å². The van der Waals surface area contributed by atoms with Gasteiger partial charge in [0.2, 0.25) is 0 Å². The standard InChI is InChI=1S/C30H35NO.ClH/c1-2-24-15-17-25(18-16-24)29(32)14-9-21-31-22-19-28(20-23-31)30(26-10-5-3-6-11-26)27-12-7-4-8-13-27;/h3-8,10-13,15-18,28,30H,2,9,14,19-23H2,1H3;1H. The van der Waals surface area contributed by atoms with E-state index in [0.29, 0.717) is 18.3 Å². The number of carbonyl (C=O) groups excluding carboxylic acids is 1. The molecule has 1 heterocycles. The highest BCUT2D eigenvalue weighted by atomic mass is 35.5. The van der Waals surface area contributed by atoms with Gasteiger partial charge in [0, 0.05) is 17.9 Å². The maximum Gasteiger partial charge on any atom is 0.162 e. The molecule has 3 aromatic rings. The van der Waals surface area contributed by atoms with Gasteiger partial charge < -0.3 is 4.90 Å². The highest BCUT2D eigenvalue weighted by molar-refractivity contribution is 5.96. The minimum absolute atomic E-state index is 0. The van der Waals surface area contributed by atoms with E-state index in [1.807, 2.05) is 12.1 Å². The number of benzene rings is 3. The monoisotopic (exact) mass is 461 g/mol. The molecule has 0 atom stereocenters. The lowest BCUT2D eigenvalue weighted by Crippen LogP contribution is -2.36. The molecule has 1 fully saturated rings. The van der Waals surface area contributed by atoms with E-state index in [2.05, 4.69) is 84.6 Å². The Morgan fingerprint density at radius 1 is 0.848 bits per heavy atom. The minimum Gasteiger partial charge on any atom is -0.303 e. The van der Waals surface area contributed by atoms with Gasteiger partial charge in [-0.05, 0) is 67.9 Å². The largest absolute Gasteiger partial charge is 0.303 e. The van der Waals surface area contributed by atoms with Gasteiger partial charge in [-0.2, -0.15) is 0 Å². The molecule has 2 nitrogen and oxygen atoms in total. The third-order valence-corrected chi connectivity index (χ3v) is 6.98. The molecule has 0 aliphatic carbocycles. The zero-order chi connectivity index (χ0) is 22.2. The third kappa shape index (κ3) is 6.79. The summed E-state index contributed by atoms with van der Waals surface area (Å²) in [7, 11) is 0.